The monoisotopic (exact) mass is 562 g/mol. The fraction of sp³-hybridized carbons (Fsp3) is 0.500. The first-order valence-electron chi connectivity index (χ1n) is 10.2. The van der Waals surface area contributed by atoms with Gasteiger partial charge in [-0.15, -0.1) is 35.3 Å². The van der Waals surface area contributed by atoms with Crippen LogP contribution in [-0.2, 0) is 22.6 Å². The highest BCUT2D eigenvalue weighted by molar-refractivity contribution is 14.0. The molecule has 31 heavy (non-hydrogen) atoms. The zero-order chi connectivity index (χ0) is 21.3. The van der Waals surface area contributed by atoms with Gasteiger partial charge in [0.1, 0.15) is 5.82 Å². The lowest BCUT2D eigenvalue weighted by atomic mass is 10.1. The number of hydrogen-bond donors (Lipinski definition) is 2. The molecule has 1 atom stereocenters. The predicted octanol–water partition coefficient (Wildman–Crippen LogP) is 3.70. The normalized spacial score (nSPS) is 15.9. The van der Waals surface area contributed by atoms with Crippen LogP contribution >= 0.6 is 35.3 Å². The van der Waals surface area contributed by atoms with E-state index in [1.54, 1.807) is 20.2 Å². The number of nitrogens with zero attached hydrogens (tertiary/aromatic N) is 2. The van der Waals surface area contributed by atoms with E-state index in [2.05, 4.69) is 39.6 Å². The van der Waals surface area contributed by atoms with Crippen molar-refractivity contribution in [3.63, 3.8) is 0 Å². The molecule has 9 heteroatoms. The Morgan fingerprint density at radius 3 is 2.68 bits per heavy atom. The maximum atomic E-state index is 13.8. The largest absolute Gasteiger partial charge is 0.380 e. The molecule has 0 radical (unpaired) electrons. The van der Waals surface area contributed by atoms with Crippen molar-refractivity contribution in [2.45, 2.75) is 26.1 Å². The minimum absolute atomic E-state index is 0. The molecule has 6 nitrogen and oxygen atoms in total. The fourth-order valence-corrected chi connectivity index (χ4v) is 4.55. The van der Waals surface area contributed by atoms with E-state index in [1.807, 2.05) is 17.4 Å². The molecule has 1 fully saturated rings. The third-order valence-electron chi connectivity index (χ3n) is 5.13. The third-order valence-corrected chi connectivity index (χ3v) is 6.23. The summed E-state index contributed by atoms with van der Waals surface area (Å²) >= 11 is 1.84. The smallest absolute Gasteiger partial charge is 0.191 e. The highest BCUT2D eigenvalue weighted by atomic mass is 127. The van der Waals surface area contributed by atoms with Crippen LogP contribution in [0.25, 0.3) is 0 Å². The molecule has 2 heterocycles. The molecule has 1 aromatic heterocycles. The zero-order valence-corrected chi connectivity index (χ0v) is 21.5. The standard InChI is InChI=1S/C22H31FN4O2S.HI/c1-16-4-7-21(30-16)20(27-8-10-29-11-9-27)14-26-22(24-2)25-13-17-5-6-19(23)18(12-17)15-28-3;/h4-7,12,20H,8-11,13-15H2,1-3H3,(H2,24,25,26);1H. The zero-order valence-electron chi connectivity index (χ0n) is 18.3. The molecular formula is C22H32FIN4O2S. The summed E-state index contributed by atoms with van der Waals surface area (Å²) in [6.45, 7) is 7.08. The minimum atomic E-state index is -0.247. The Morgan fingerprint density at radius 2 is 2.03 bits per heavy atom. The summed E-state index contributed by atoms with van der Waals surface area (Å²) in [7, 11) is 3.32. The van der Waals surface area contributed by atoms with Gasteiger partial charge in [-0.25, -0.2) is 4.39 Å². The number of benzene rings is 1. The molecule has 2 N–H and O–H groups in total. The molecule has 2 aromatic rings. The van der Waals surface area contributed by atoms with Crippen molar-refractivity contribution in [3.8, 4) is 0 Å². The second-order valence-corrected chi connectivity index (χ2v) is 8.60. The van der Waals surface area contributed by atoms with E-state index in [9.17, 15) is 4.39 Å². The Bertz CT molecular complexity index is 843. The molecular weight excluding hydrogens is 530 g/mol. The number of aryl methyl sites for hydroxylation is 1. The summed E-state index contributed by atoms with van der Waals surface area (Å²) in [5, 5.41) is 6.79. The summed E-state index contributed by atoms with van der Waals surface area (Å²) in [4.78, 5) is 9.48. The number of morpholine rings is 1. The van der Waals surface area contributed by atoms with Crippen LogP contribution in [-0.4, -0.2) is 57.9 Å². The number of ether oxygens (including phenoxy) is 2. The quantitative estimate of drug-likeness (QED) is 0.292. The average Bonchev–Trinajstić information content (AvgIpc) is 3.19. The average molecular weight is 562 g/mol. The van der Waals surface area contributed by atoms with Crippen LogP contribution in [0.2, 0.25) is 0 Å². The van der Waals surface area contributed by atoms with Crippen molar-refractivity contribution in [1.29, 1.82) is 0 Å². The van der Waals surface area contributed by atoms with E-state index in [0.717, 1.165) is 44.4 Å². The molecule has 0 bridgehead atoms. The number of methoxy groups -OCH3 is 1. The molecule has 0 aliphatic carbocycles. The van der Waals surface area contributed by atoms with Gasteiger partial charge < -0.3 is 20.1 Å². The van der Waals surface area contributed by atoms with Crippen molar-refractivity contribution in [1.82, 2.24) is 15.5 Å². The van der Waals surface area contributed by atoms with Crippen LogP contribution in [0, 0.1) is 12.7 Å². The molecule has 3 rings (SSSR count). The topological polar surface area (TPSA) is 58.1 Å². The third kappa shape index (κ3) is 7.67. The van der Waals surface area contributed by atoms with E-state index < -0.39 is 0 Å². The number of halogens is 2. The molecule has 1 aliphatic heterocycles. The molecule has 1 unspecified atom stereocenters. The van der Waals surface area contributed by atoms with Gasteiger partial charge in [-0.1, -0.05) is 6.07 Å². The minimum Gasteiger partial charge on any atom is -0.380 e. The molecule has 0 spiro atoms. The lowest BCUT2D eigenvalue weighted by Gasteiger charge is -2.34. The SMILES string of the molecule is CN=C(NCc1ccc(F)c(COC)c1)NCC(c1ccc(C)s1)N1CCOCC1.I. The van der Waals surface area contributed by atoms with E-state index in [-0.39, 0.29) is 42.4 Å². The fourth-order valence-electron chi connectivity index (χ4n) is 3.54. The molecule has 1 saturated heterocycles. The Labute approximate surface area is 205 Å². The first kappa shape index (κ1) is 26.0. The first-order chi connectivity index (χ1) is 14.6. The second-order valence-electron chi connectivity index (χ2n) is 7.28. The highest BCUT2D eigenvalue weighted by Crippen LogP contribution is 2.27. The maximum absolute atomic E-state index is 13.8. The highest BCUT2D eigenvalue weighted by Gasteiger charge is 2.24. The van der Waals surface area contributed by atoms with Gasteiger partial charge in [-0.05, 0) is 36.8 Å². The molecule has 1 aliphatic rings. The van der Waals surface area contributed by atoms with Gasteiger partial charge >= 0.3 is 0 Å². The molecule has 1 aromatic carbocycles. The summed E-state index contributed by atoms with van der Waals surface area (Å²) in [5.74, 6) is 0.474. The summed E-state index contributed by atoms with van der Waals surface area (Å²) in [6, 6.07) is 9.74. The van der Waals surface area contributed by atoms with E-state index >= 15 is 0 Å². The maximum Gasteiger partial charge on any atom is 0.191 e. The summed E-state index contributed by atoms with van der Waals surface area (Å²) in [6.07, 6.45) is 0. The molecule has 0 amide bonds. The van der Waals surface area contributed by atoms with Crippen LogP contribution in [0.15, 0.2) is 35.3 Å². The van der Waals surface area contributed by atoms with Crippen LogP contribution in [0.1, 0.15) is 26.9 Å². The molecule has 0 saturated carbocycles. The molecule has 172 valence electrons. The number of nitrogens with one attached hydrogen (secondary N) is 2. The number of thiophene rings is 1. The predicted molar refractivity (Wildman–Crippen MR) is 135 cm³/mol. The van der Waals surface area contributed by atoms with E-state index in [1.165, 1.54) is 15.8 Å². The van der Waals surface area contributed by atoms with Crippen LogP contribution in [0.5, 0.6) is 0 Å². The van der Waals surface area contributed by atoms with Crippen molar-refractivity contribution in [3.05, 3.63) is 57.0 Å². The van der Waals surface area contributed by atoms with Crippen LogP contribution in [0.4, 0.5) is 4.39 Å². The van der Waals surface area contributed by atoms with Crippen LogP contribution in [0.3, 0.4) is 0 Å². The van der Waals surface area contributed by atoms with Gasteiger partial charge in [-0.2, -0.15) is 0 Å². The van der Waals surface area contributed by atoms with Crippen molar-refractivity contribution >= 4 is 41.3 Å². The second kappa shape index (κ2) is 13.3. The van der Waals surface area contributed by atoms with Gasteiger partial charge in [-0.3, -0.25) is 9.89 Å². The Morgan fingerprint density at radius 1 is 1.26 bits per heavy atom. The van der Waals surface area contributed by atoms with Gasteiger partial charge in [0.2, 0.25) is 0 Å². The van der Waals surface area contributed by atoms with Gasteiger partial charge in [0.25, 0.3) is 0 Å². The lowest BCUT2D eigenvalue weighted by Crippen LogP contribution is -2.46. The Kier molecular flexibility index (Phi) is 11.2. The van der Waals surface area contributed by atoms with Crippen molar-refractivity contribution < 1.29 is 13.9 Å². The van der Waals surface area contributed by atoms with Gasteiger partial charge in [0, 0.05) is 55.7 Å². The Balaban J connectivity index is 0.00000341. The lowest BCUT2D eigenvalue weighted by molar-refractivity contribution is 0.0177. The van der Waals surface area contributed by atoms with E-state index in [4.69, 9.17) is 9.47 Å². The van der Waals surface area contributed by atoms with Gasteiger partial charge in [0.05, 0.1) is 25.9 Å². The number of aliphatic imine (C=N–C) groups is 1. The summed E-state index contributed by atoms with van der Waals surface area (Å²) in [5.41, 5.74) is 1.53. The number of guanidine groups is 1. The Hall–Kier alpha value is -1.27. The van der Waals surface area contributed by atoms with Crippen LogP contribution < -0.4 is 10.6 Å². The number of hydrogen-bond acceptors (Lipinski definition) is 5. The van der Waals surface area contributed by atoms with Crippen molar-refractivity contribution in [2.24, 2.45) is 4.99 Å². The van der Waals surface area contributed by atoms with E-state index in [0.29, 0.717) is 12.1 Å². The van der Waals surface area contributed by atoms with Gasteiger partial charge in [0.15, 0.2) is 5.96 Å². The first-order valence-corrected chi connectivity index (χ1v) is 11.0. The van der Waals surface area contributed by atoms with Crippen molar-refractivity contribution in [2.75, 3.05) is 47.0 Å². The summed E-state index contributed by atoms with van der Waals surface area (Å²) < 4.78 is 24.4. The number of rotatable bonds is 8.